The van der Waals surface area contributed by atoms with Gasteiger partial charge in [0.05, 0.1) is 11.3 Å². The van der Waals surface area contributed by atoms with Gasteiger partial charge in [0, 0.05) is 15.1 Å². The van der Waals surface area contributed by atoms with Gasteiger partial charge in [0.15, 0.2) is 0 Å². The summed E-state index contributed by atoms with van der Waals surface area (Å²) in [7, 11) is 0. The molecule has 0 heterocycles. The Kier molecular flexibility index (Phi) is 5.58. The fraction of sp³-hybridized carbons (Fsp3) is 0.0588. The molecule has 0 aliphatic rings. The summed E-state index contributed by atoms with van der Waals surface area (Å²) >= 11 is 9.13. The minimum absolute atomic E-state index is 0.0534. The van der Waals surface area contributed by atoms with Crippen molar-refractivity contribution in [3.05, 3.63) is 68.7 Å². The molecule has 0 aliphatic heterocycles. The summed E-state index contributed by atoms with van der Waals surface area (Å²) in [6, 6.07) is 11.8. The van der Waals surface area contributed by atoms with Gasteiger partial charge in [-0.05, 0) is 48.9 Å². The van der Waals surface area contributed by atoms with Crippen LogP contribution < -0.4 is 5.32 Å². The van der Waals surface area contributed by atoms with Crippen LogP contribution in [0.3, 0.4) is 0 Å². The van der Waals surface area contributed by atoms with Crippen molar-refractivity contribution < 1.29 is 14.7 Å². The SMILES string of the molecule is CC(=Cc1ccc(Br)cc1)C(=O)Nc1ccc(Cl)cc1C(=O)O. The number of rotatable bonds is 4. The van der Waals surface area contributed by atoms with E-state index in [2.05, 4.69) is 21.2 Å². The third kappa shape index (κ3) is 4.68. The van der Waals surface area contributed by atoms with Crippen molar-refractivity contribution in [2.45, 2.75) is 6.92 Å². The maximum Gasteiger partial charge on any atom is 0.337 e. The van der Waals surface area contributed by atoms with Crippen molar-refractivity contribution in [2.75, 3.05) is 5.32 Å². The fourth-order valence-electron chi connectivity index (χ4n) is 1.90. The van der Waals surface area contributed by atoms with E-state index in [-0.39, 0.29) is 17.2 Å². The predicted octanol–water partition coefficient (Wildman–Crippen LogP) is 4.84. The van der Waals surface area contributed by atoms with Gasteiger partial charge >= 0.3 is 5.97 Å². The number of amides is 1. The van der Waals surface area contributed by atoms with Crippen molar-refractivity contribution in [3.63, 3.8) is 0 Å². The number of carbonyl (C=O) groups excluding carboxylic acids is 1. The van der Waals surface area contributed by atoms with Gasteiger partial charge in [0.25, 0.3) is 5.91 Å². The van der Waals surface area contributed by atoms with Crippen LogP contribution in [-0.4, -0.2) is 17.0 Å². The van der Waals surface area contributed by atoms with E-state index in [4.69, 9.17) is 11.6 Å². The molecule has 0 atom stereocenters. The molecule has 2 N–H and O–H groups in total. The Balaban J connectivity index is 2.21. The van der Waals surface area contributed by atoms with E-state index >= 15 is 0 Å². The lowest BCUT2D eigenvalue weighted by Gasteiger charge is -2.09. The second-order valence-corrected chi connectivity index (χ2v) is 6.18. The molecule has 0 radical (unpaired) electrons. The number of halogens is 2. The summed E-state index contributed by atoms with van der Waals surface area (Å²) in [5, 5.41) is 12.1. The van der Waals surface area contributed by atoms with E-state index in [0.717, 1.165) is 10.0 Å². The quantitative estimate of drug-likeness (QED) is 0.729. The van der Waals surface area contributed by atoms with Crippen molar-refractivity contribution in [1.29, 1.82) is 0 Å². The van der Waals surface area contributed by atoms with Gasteiger partial charge in [-0.15, -0.1) is 0 Å². The molecule has 1 amide bonds. The number of benzene rings is 2. The number of carboxylic acids is 1. The number of carbonyl (C=O) groups is 2. The number of hydrogen-bond acceptors (Lipinski definition) is 2. The Morgan fingerprint density at radius 3 is 2.43 bits per heavy atom. The lowest BCUT2D eigenvalue weighted by atomic mass is 10.1. The molecule has 118 valence electrons. The van der Waals surface area contributed by atoms with Gasteiger partial charge in [-0.3, -0.25) is 4.79 Å². The number of aromatic carboxylic acids is 1. The molecule has 0 aromatic heterocycles. The van der Waals surface area contributed by atoms with E-state index in [0.29, 0.717) is 10.6 Å². The van der Waals surface area contributed by atoms with Crippen LogP contribution in [0.4, 0.5) is 5.69 Å². The predicted molar refractivity (Wildman–Crippen MR) is 94.8 cm³/mol. The third-order valence-corrected chi connectivity index (χ3v) is 3.84. The molecule has 2 aromatic rings. The molecule has 0 aliphatic carbocycles. The maximum absolute atomic E-state index is 12.2. The van der Waals surface area contributed by atoms with Crippen molar-refractivity contribution in [3.8, 4) is 0 Å². The molecule has 0 saturated heterocycles. The average Bonchev–Trinajstić information content (AvgIpc) is 2.51. The lowest BCUT2D eigenvalue weighted by Crippen LogP contribution is -2.15. The minimum Gasteiger partial charge on any atom is -0.478 e. The Morgan fingerprint density at radius 1 is 1.17 bits per heavy atom. The zero-order valence-corrected chi connectivity index (χ0v) is 14.5. The first-order chi connectivity index (χ1) is 10.9. The van der Waals surface area contributed by atoms with E-state index in [1.54, 1.807) is 13.0 Å². The van der Waals surface area contributed by atoms with Gasteiger partial charge in [0.2, 0.25) is 0 Å². The zero-order chi connectivity index (χ0) is 17.0. The van der Waals surface area contributed by atoms with Crippen LogP contribution in [0.2, 0.25) is 5.02 Å². The highest BCUT2D eigenvalue weighted by atomic mass is 79.9. The smallest absolute Gasteiger partial charge is 0.337 e. The Labute approximate surface area is 146 Å². The van der Waals surface area contributed by atoms with Gasteiger partial charge in [0.1, 0.15) is 0 Å². The van der Waals surface area contributed by atoms with E-state index in [1.165, 1.54) is 18.2 Å². The first-order valence-corrected chi connectivity index (χ1v) is 7.82. The zero-order valence-electron chi connectivity index (χ0n) is 12.1. The average molecular weight is 395 g/mol. The number of hydrogen-bond donors (Lipinski definition) is 2. The van der Waals surface area contributed by atoms with Gasteiger partial charge in [-0.25, -0.2) is 4.79 Å². The van der Waals surface area contributed by atoms with Crippen LogP contribution in [0.15, 0.2) is 52.5 Å². The van der Waals surface area contributed by atoms with Gasteiger partial charge < -0.3 is 10.4 Å². The molecule has 2 rings (SSSR count). The normalized spacial score (nSPS) is 11.2. The van der Waals surface area contributed by atoms with Crippen LogP contribution in [0.5, 0.6) is 0 Å². The Morgan fingerprint density at radius 2 is 1.83 bits per heavy atom. The first kappa shape index (κ1) is 17.2. The van der Waals surface area contributed by atoms with Gasteiger partial charge in [-0.2, -0.15) is 0 Å². The molecular formula is C17H13BrClNO3. The van der Waals surface area contributed by atoms with Crippen LogP contribution >= 0.6 is 27.5 Å². The van der Waals surface area contributed by atoms with Crippen LogP contribution in [0, 0.1) is 0 Å². The molecule has 0 bridgehead atoms. The van der Waals surface area contributed by atoms with Crippen LogP contribution in [0.1, 0.15) is 22.8 Å². The second-order valence-electron chi connectivity index (χ2n) is 4.83. The molecule has 0 unspecified atom stereocenters. The van der Waals surface area contributed by atoms with Gasteiger partial charge in [-0.1, -0.05) is 39.7 Å². The Hall–Kier alpha value is -2.11. The molecule has 0 spiro atoms. The number of carboxylic acid groups (broad SMARTS) is 1. The third-order valence-electron chi connectivity index (χ3n) is 3.07. The molecule has 4 nitrogen and oxygen atoms in total. The molecular weight excluding hydrogens is 382 g/mol. The summed E-state index contributed by atoms with van der Waals surface area (Å²) < 4.78 is 0.948. The van der Waals surface area contributed by atoms with Crippen molar-refractivity contribution in [2.24, 2.45) is 0 Å². The topological polar surface area (TPSA) is 66.4 Å². The minimum atomic E-state index is -1.16. The molecule has 23 heavy (non-hydrogen) atoms. The number of anilines is 1. The Bertz CT molecular complexity index is 785. The highest BCUT2D eigenvalue weighted by Crippen LogP contribution is 2.22. The summed E-state index contributed by atoms with van der Waals surface area (Å²) in [4.78, 5) is 23.4. The van der Waals surface area contributed by atoms with E-state index < -0.39 is 5.97 Å². The highest BCUT2D eigenvalue weighted by molar-refractivity contribution is 9.10. The lowest BCUT2D eigenvalue weighted by molar-refractivity contribution is -0.112. The monoisotopic (exact) mass is 393 g/mol. The van der Waals surface area contributed by atoms with Crippen LogP contribution in [-0.2, 0) is 4.79 Å². The first-order valence-electron chi connectivity index (χ1n) is 6.65. The van der Waals surface area contributed by atoms with E-state index in [9.17, 15) is 14.7 Å². The summed E-state index contributed by atoms with van der Waals surface area (Å²) in [6.07, 6.45) is 1.72. The fourth-order valence-corrected chi connectivity index (χ4v) is 2.33. The number of nitrogens with one attached hydrogen (secondary N) is 1. The standard InChI is InChI=1S/C17H13BrClNO3/c1-10(8-11-2-4-12(18)5-3-11)16(21)20-15-7-6-13(19)9-14(15)17(22)23/h2-9H,1H3,(H,20,21)(H,22,23). The molecule has 0 saturated carbocycles. The molecule has 2 aromatic carbocycles. The molecule has 0 fully saturated rings. The van der Waals surface area contributed by atoms with Crippen molar-refractivity contribution in [1.82, 2.24) is 0 Å². The summed E-state index contributed by atoms with van der Waals surface area (Å²) in [5.41, 5.74) is 1.48. The molecule has 6 heteroatoms. The van der Waals surface area contributed by atoms with Crippen LogP contribution in [0.25, 0.3) is 6.08 Å². The largest absolute Gasteiger partial charge is 0.478 e. The summed E-state index contributed by atoms with van der Waals surface area (Å²) in [5.74, 6) is -1.53. The summed E-state index contributed by atoms with van der Waals surface area (Å²) in [6.45, 7) is 1.66. The maximum atomic E-state index is 12.2. The second kappa shape index (κ2) is 7.44. The van der Waals surface area contributed by atoms with E-state index in [1.807, 2.05) is 24.3 Å². The highest BCUT2D eigenvalue weighted by Gasteiger charge is 2.14. The van der Waals surface area contributed by atoms with Crippen molar-refractivity contribution >= 4 is 51.2 Å².